The number of hydrogen-bond acceptors (Lipinski definition) is 3. The van der Waals surface area contributed by atoms with Crippen LogP contribution in [0.1, 0.15) is 19.4 Å². The number of hydrogen-bond donors (Lipinski definition) is 1. The smallest absolute Gasteiger partial charge is 0.142 e. The van der Waals surface area contributed by atoms with Crippen molar-refractivity contribution in [1.82, 2.24) is 0 Å². The first-order valence-electron chi connectivity index (χ1n) is 5.68. The first-order valence-corrected chi connectivity index (χ1v) is 5.68. The summed E-state index contributed by atoms with van der Waals surface area (Å²) in [4.78, 5) is 2.35. The minimum Gasteiger partial charge on any atom is -0.495 e. The Morgan fingerprint density at radius 3 is 2.56 bits per heavy atom. The topological polar surface area (TPSA) is 38.5 Å². The predicted octanol–water partition coefficient (Wildman–Crippen LogP) is 2.00. The molecule has 0 unspecified atom stereocenters. The summed E-state index contributed by atoms with van der Waals surface area (Å²) in [5.41, 5.74) is 8.34. The Morgan fingerprint density at radius 2 is 2.06 bits per heavy atom. The Bertz CT molecular complexity index is 380. The van der Waals surface area contributed by atoms with Gasteiger partial charge >= 0.3 is 0 Å². The van der Waals surface area contributed by atoms with E-state index in [0.717, 1.165) is 24.4 Å². The lowest BCUT2D eigenvalue weighted by atomic mass is 9.84. The van der Waals surface area contributed by atoms with Crippen molar-refractivity contribution in [2.75, 3.05) is 25.1 Å². The molecular formula is C13H20N2O. The van der Waals surface area contributed by atoms with Crippen LogP contribution < -0.4 is 15.4 Å². The minimum absolute atomic E-state index is 0.428. The number of nitrogens with two attached hydrogens (primary N) is 1. The highest BCUT2D eigenvalue weighted by Gasteiger charge is 2.35. The molecule has 16 heavy (non-hydrogen) atoms. The summed E-state index contributed by atoms with van der Waals surface area (Å²) in [5, 5.41) is 0. The van der Waals surface area contributed by atoms with E-state index in [1.165, 1.54) is 5.69 Å². The molecule has 1 aromatic carbocycles. The lowest BCUT2D eigenvalue weighted by molar-refractivity contribution is 0.273. The number of benzene rings is 1. The maximum absolute atomic E-state index is 5.62. The van der Waals surface area contributed by atoms with E-state index in [-0.39, 0.29) is 0 Å². The molecule has 1 fully saturated rings. The van der Waals surface area contributed by atoms with Crippen molar-refractivity contribution in [3.05, 3.63) is 23.8 Å². The van der Waals surface area contributed by atoms with E-state index in [1.54, 1.807) is 7.11 Å². The summed E-state index contributed by atoms with van der Waals surface area (Å²) < 4.78 is 5.42. The average Bonchev–Trinajstić information content (AvgIpc) is 2.24. The van der Waals surface area contributed by atoms with Gasteiger partial charge in [-0.1, -0.05) is 19.9 Å². The molecule has 0 aromatic heterocycles. The summed E-state index contributed by atoms with van der Waals surface area (Å²) in [6.07, 6.45) is 0. The second kappa shape index (κ2) is 3.98. The molecule has 0 bridgehead atoms. The minimum atomic E-state index is 0.428. The lowest BCUT2D eigenvalue weighted by Gasteiger charge is -2.47. The summed E-state index contributed by atoms with van der Waals surface area (Å²) in [5.74, 6) is 0.929. The SMILES string of the molecule is COc1cc(CN)ccc1N1CC(C)(C)C1. The van der Waals surface area contributed by atoms with Crippen molar-refractivity contribution in [3.63, 3.8) is 0 Å². The molecule has 1 saturated heterocycles. The van der Waals surface area contributed by atoms with Crippen LogP contribution in [0.15, 0.2) is 18.2 Å². The third kappa shape index (κ3) is 2.00. The van der Waals surface area contributed by atoms with Crippen molar-refractivity contribution in [2.24, 2.45) is 11.1 Å². The summed E-state index contributed by atoms with van der Waals surface area (Å²) in [6.45, 7) is 7.30. The van der Waals surface area contributed by atoms with Gasteiger partial charge in [0.1, 0.15) is 5.75 Å². The third-order valence-electron chi connectivity index (χ3n) is 3.06. The van der Waals surface area contributed by atoms with Crippen LogP contribution in [0.5, 0.6) is 5.75 Å². The maximum atomic E-state index is 5.62. The number of anilines is 1. The Balaban J connectivity index is 2.21. The molecule has 2 rings (SSSR count). The quantitative estimate of drug-likeness (QED) is 0.846. The van der Waals surface area contributed by atoms with Crippen molar-refractivity contribution in [3.8, 4) is 5.75 Å². The highest BCUT2D eigenvalue weighted by atomic mass is 16.5. The fourth-order valence-electron chi connectivity index (χ4n) is 2.27. The van der Waals surface area contributed by atoms with Gasteiger partial charge in [0, 0.05) is 19.6 Å². The molecule has 1 aliphatic rings. The molecule has 0 atom stereocenters. The van der Waals surface area contributed by atoms with Gasteiger partial charge in [-0.2, -0.15) is 0 Å². The molecule has 88 valence electrons. The van der Waals surface area contributed by atoms with Crippen LogP contribution in [0.2, 0.25) is 0 Å². The van der Waals surface area contributed by atoms with Gasteiger partial charge in [0.15, 0.2) is 0 Å². The fraction of sp³-hybridized carbons (Fsp3) is 0.538. The number of ether oxygens (including phenoxy) is 1. The van der Waals surface area contributed by atoms with Crippen LogP contribution in [0.25, 0.3) is 0 Å². The van der Waals surface area contributed by atoms with Crippen LogP contribution in [0.3, 0.4) is 0 Å². The Labute approximate surface area is 97.2 Å². The van der Waals surface area contributed by atoms with Crippen LogP contribution in [0, 0.1) is 5.41 Å². The van der Waals surface area contributed by atoms with Crippen molar-refractivity contribution >= 4 is 5.69 Å². The van der Waals surface area contributed by atoms with Crippen LogP contribution in [0.4, 0.5) is 5.69 Å². The first kappa shape index (κ1) is 11.3. The van der Waals surface area contributed by atoms with Crippen molar-refractivity contribution < 1.29 is 4.74 Å². The van der Waals surface area contributed by atoms with E-state index in [0.29, 0.717) is 12.0 Å². The van der Waals surface area contributed by atoms with E-state index in [1.807, 2.05) is 6.07 Å². The van der Waals surface area contributed by atoms with Gasteiger partial charge in [0.2, 0.25) is 0 Å². The number of methoxy groups -OCH3 is 1. The fourth-order valence-corrected chi connectivity index (χ4v) is 2.27. The predicted molar refractivity (Wildman–Crippen MR) is 66.9 cm³/mol. The second-order valence-corrected chi connectivity index (χ2v) is 5.23. The monoisotopic (exact) mass is 220 g/mol. The Kier molecular flexibility index (Phi) is 2.80. The number of nitrogens with zero attached hydrogens (tertiary/aromatic N) is 1. The molecule has 3 heteroatoms. The van der Waals surface area contributed by atoms with Crippen LogP contribution in [-0.2, 0) is 6.54 Å². The van der Waals surface area contributed by atoms with E-state index in [9.17, 15) is 0 Å². The van der Waals surface area contributed by atoms with E-state index in [2.05, 4.69) is 30.9 Å². The molecule has 0 aliphatic carbocycles. The molecule has 0 amide bonds. The molecule has 0 radical (unpaired) electrons. The molecule has 0 saturated carbocycles. The lowest BCUT2D eigenvalue weighted by Crippen LogP contribution is -2.53. The Morgan fingerprint density at radius 1 is 1.38 bits per heavy atom. The molecule has 3 nitrogen and oxygen atoms in total. The molecular weight excluding hydrogens is 200 g/mol. The largest absolute Gasteiger partial charge is 0.495 e. The summed E-state index contributed by atoms with van der Waals surface area (Å²) >= 11 is 0. The zero-order chi connectivity index (χ0) is 11.8. The average molecular weight is 220 g/mol. The second-order valence-electron chi connectivity index (χ2n) is 5.23. The zero-order valence-electron chi connectivity index (χ0n) is 10.3. The standard InChI is InChI=1S/C13H20N2O/c1-13(2)8-15(9-13)11-5-4-10(7-14)6-12(11)16-3/h4-6H,7-9,14H2,1-3H3. The normalized spacial score (nSPS) is 18.1. The molecule has 0 spiro atoms. The first-order chi connectivity index (χ1) is 7.55. The highest BCUT2D eigenvalue weighted by Crippen LogP contribution is 2.38. The molecule has 2 N–H and O–H groups in total. The molecule has 1 heterocycles. The van der Waals surface area contributed by atoms with E-state index < -0.39 is 0 Å². The van der Waals surface area contributed by atoms with E-state index in [4.69, 9.17) is 10.5 Å². The van der Waals surface area contributed by atoms with Gasteiger partial charge in [-0.05, 0) is 23.1 Å². The Hall–Kier alpha value is -1.22. The van der Waals surface area contributed by atoms with Gasteiger partial charge in [-0.25, -0.2) is 0 Å². The zero-order valence-corrected chi connectivity index (χ0v) is 10.3. The third-order valence-corrected chi connectivity index (χ3v) is 3.06. The summed E-state index contributed by atoms with van der Waals surface area (Å²) in [7, 11) is 1.71. The van der Waals surface area contributed by atoms with Crippen molar-refractivity contribution in [1.29, 1.82) is 0 Å². The van der Waals surface area contributed by atoms with Gasteiger partial charge < -0.3 is 15.4 Å². The highest BCUT2D eigenvalue weighted by molar-refractivity contribution is 5.61. The van der Waals surface area contributed by atoms with Crippen LogP contribution >= 0.6 is 0 Å². The van der Waals surface area contributed by atoms with Crippen molar-refractivity contribution in [2.45, 2.75) is 20.4 Å². The van der Waals surface area contributed by atoms with E-state index >= 15 is 0 Å². The van der Waals surface area contributed by atoms with Gasteiger partial charge in [0.25, 0.3) is 0 Å². The molecule has 1 aliphatic heterocycles. The van der Waals surface area contributed by atoms with Gasteiger partial charge in [-0.15, -0.1) is 0 Å². The number of rotatable bonds is 3. The van der Waals surface area contributed by atoms with Gasteiger partial charge in [-0.3, -0.25) is 0 Å². The van der Waals surface area contributed by atoms with Gasteiger partial charge in [0.05, 0.1) is 12.8 Å². The van der Waals surface area contributed by atoms with Crippen LogP contribution in [-0.4, -0.2) is 20.2 Å². The maximum Gasteiger partial charge on any atom is 0.142 e. The molecule has 1 aromatic rings. The summed E-state index contributed by atoms with van der Waals surface area (Å²) in [6, 6.07) is 6.21.